The molecule has 0 amide bonds. The molecule has 0 aromatic carbocycles. The third-order valence-electron chi connectivity index (χ3n) is 1.94. The number of rotatable bonds is 2. The van der Waals surface area contributed by atoms with Gasteiger partial charge >= 0.3 is 4.94 Å². The van der Waals surface area contributed by atoms with Crippen LogP contribution in [-0.4, -0.2) is 15.0 Å². The summed E-state index contributed by atoms with van der Waals surface area (Å²) in [5.74, 6) is 0.0594. The van der Waals surface area contributed by atoms with Crippen molar-refractivity contribution in [3.63, 3.8) is 0 Å². The summed E-state index contributed by atoms with van der Waals surface area (Å²) in [5.41, 5.74) is 0. The molecule has 0 bridgehead atoms. The van der Waals surface area contributed by atoms with E-state index in [9.17, 15) is 14.9 Å². The zero-order valence-electron chi connectivity index (χ0n) is 7.58. The van der Waals surface area contributed by atoms with E-state index in [2.05, 4.69) is 4.37 Å². The summed E-state index contributed by atoms with van der Waals surface area (Å²) < 4.78 is 8.16. The molecule has 0 spiro atoms. The van der Waals surface area contributed by atoms with Gasteiger partial charge in [-0.1, -0.05) is 0 Å². The fourth-order valence-corrected chi connectivity index (χ4v) is 3.21. The van der Waals surface area contributed by atoms with E-state index in [-0.39, 0.29) is 10.2 Å². The number of allylic oxidation sites excluding steroid dienone is 2. The predicted octanol–water partition coefficient (Wildman–Crippen LogP) is 1.59. The van der Waals surface area contributed by atoms with Crippen molar-refractivity contribution >= 4 is 26.7 Å². The summed E-state index contributed by atoms with van der Waals surface area (Å²) >= 11 is 0.654. The van der Waals surface area contributed by atoms with Crippen LogP contribution in [0.25, 0.3) is 4.91 Å². The van der Waals surface area contributed by atoms with Crippen molar-refractivity contribution in [2.45, 2.75) is 0 Å². The molecule has 0 N–H and O–H groups in total. The molecule has 2 heterocycles. The fourth-order valence-electron chi connectivity index (χ4n) is 1.16. The van der Waals surface area contributed by atoms with E-state index in [1.807, 2.05) is 0 Å². The first-order valence-corrected chi connectivity index (χ1v) is 6.66. The Labute approximate surface area is 89.7 Å². The van der Waals surface area contributed by atoms with Gasteiger partial charge in [0.1, 0.15) is 4.91 Å². The maximum absolute atomic E-state index is 10.9. The van der Waals surface area contributed by atoms with Gasteiger partial charge in [0.2, 0.25) is 0 Å². The Morgan fingerprint density at radius 2 is 2.40 bits per heavy atom. The fraction of sp³-hybridized carbons (Fsp3) is 0.143. The van der Waals surface area contributed by atoms with E-state index in [1.54, 1.807) is 12.2 Å². The Hall–Kier alpha value is -1.41. The van der Waals surface area contributed by atoms with Crippen molar-refractivity contribution in [3.8, 4) is 0 Å². The lowest BCUT2D eigenvalue weighted by molar-refractivity contribution is -0.291. The van der Waals surface area contributed by atoms with E-state index in [4.69, 9.17) is 4.42 Å². The average molecular weight is 246 g/mol. The lowest BCUT2D eigenvalue weighted by Crippen LogP contribution is -2.06. The molecule has 1 aliphatic rings. The number of nitro groups is 1. The molecule has 1 aliphatic heterocycles. The maximum atomic E-state index is 10.9. The molecule has 6 nitrogen and oxygen atoms in total. The topological polar surface area (TPSA) is 86.2 Å². The third kappa shape index (κ3) is 1.51. The van der Waals surface area contributed by atoms with E-state index in [0.717, 1.165) is 0 Å². The van der Waals surface area contributed by atoms with Crippen LogP contribution in [0.1, 0.15) is 5.89 Å². The Kier molecular flexibility index (Phi) is 2.24. The van der Waals surface area contributed by atoms with Crippen LogP contribution in [-0.2, 0) is 0 Å². The first-order chi connectivity index (χ1) is 7.04. The zero-order valence-corrected chi connectivity index (χ0v) is 9.21. The standard InChI is InChI=1S/C7H6N2O4S2/c1-15(9(11)12)4-2-3-5(15)6-8-14-7(10)13-6/h2-4H,1H3. The van der Waals surface area contributed by atoms with Crippen LogP contribution in [0.5, 0.6) is 0 Å². The summed E-state index contributed by atoms with van der Waals surface area (Å²) in [4.78, 5) is 21.6. The summed E-state index contributed by atoms with van der Waals surface area (Å²) in [6.45, 7) is 0. The highest BCUT2D eigenvalue weighted by atomic mass is 32.3. The molecular weight excluding hydrogens is 240 g/mol. The Morgan fingerprint density at radius 3 is 2.93 bits per heavy atom. The lowest BCUT2D eigenvalue weighted by Gasteiger charge is -2.19. The maximum Gasteiger partial charge on any atom is 0.414 e. The van der Waals surface area contributed by atoms with Crippen LogP contribution < -0.4 is 4.94 Å². The van der Waals surface area contributed by atoms with Crippen molar-refractivity contribution < 1.29 is 8.75 Å². The normalized spacial score (nSPS) is 28.5. The molecule has 15 heavy (non-hydrogen) atoms. The van der Waals surface area contributed by atoms with Gasteiger partial charge in [-0.3, -0.25) is 10.1 Å². The quantitative estimate of drug-likeness (QED) is 0.584. The second-order valence-corrected chi connectivity index (χ2v) is 6.44. The highest BCUT2D eigenvalue weighted by Crippen LogP contribution is 2.60. The molecule has 80 valence electrons. The number of aromatic nitrogens is 1. The second kappa shape index (κ2) is 3.31. The monoisotopic (exact) mass is 246 g/mol. The summed E-state index contributed by atoms with van der Waals surface area (Å²) in [6.07, 6.45) is 4.67. The second-order valence-electron chi connectivity index (χ2n) is 2.86. The van der Waals surface area contributed by atoms with Crippen molar-refractivity contribution in [1.82, 2.24) is 4.37 Å². The molecule has 8 heteroatoms. The molecule has 0 saturated carbocycles. The van der Waals surface area contributed by atoms with Crippen LogP contribution in [0.2, 0.25) is 0 Å². The Morgan fingerprint density at radius 1 is 1.67 bits per heavy atom. The van der Waals surface area contributed by atoms with Crippen LogP contribution in [0.4, 0.5) is 0 Å². The van der Waals surface area contributed by atoms with Crippen molar-refractivity contribution in [1.29, 1.82) is 0 Å². The minimum absolute atomic E-state index is 0.0594. The Balaban J connectivity index is 2.48. The minimum atomic E-state index is -2.29. The largest absolute Gasteiger partial charge is 0.414 e. The molecular formula is C7H6N2O4S2. The van der Waals surface area contributed by atoms with Crippen molar-refractivity contribution in [2.24, 2.45) is 0 Å². The van der Waals surface area contributed by atoms with Crippen LogP contribution in [0.3, 0.4) is 0 Å². The molecule has 0 saturated heterocycles. The molecule has 1 atom stereocenters. The van der Waals surface area contributed by atoms with E-state index >= 15 is 0 Å². The number of hydrogen-bond acceptors (Lipinski definition) is 6. The highest BCUT2D eigenvalue weighted by molar-refractivity contribution is 8.38. The van der Waals surface area contributed by atoms with E-state index < -0.39 is 15.2 Å². The average Bonchev–Trinajstić information content (AvgIpc) is 2.72. The van der Waals surface area contributed by atoms with Gasteiger partial charge in [0.15, 0.2) is 0 Å². The molecule has 0 fully saturated rings. The minimum Gasteiger partial charge on any atom is -0.393 e. The first kappa shape index (κ1) is 10.1. The van der Waals surface area contributed by atoms with Gasteiger partial charge in [-0.15, -0.1) is 4.37 Å². The molecule has 1 aromatic rings. The van der Waals surface area contributed by atoms with Gasteiger partial charge in [0.25, 0.3) is 5.89 Å². The summed E-state index contributed by atoms with van der Waals surface area (Å²) in [5, 5.41) is 12.4. The van der Waals surface area contributed by atoms with Crippen LogP contribution in [0, 0.1) is 10.1 Å². The van der Waals surface area contributed by atoms with Gasteiger partial charge in [-0.05, 0) is 12.2 Å². The Bertz CT molecular complexity index is 529. The van der Waals surface area contributed by atoms with Gasteiger partial charge in [0, 0.05) is 11.7 Å². The molecule has 1 unspecified atom stereocenters. The van der Waals surface area contributed by atoms with E-state index in [1.165, 1.54) is 11.7 Å². The third-order valence-corrected chi connectivity index (χ3v) is 4.94. The van der Waals surface area contributed by atoms with E-state index in [0.29, 0.717) is 16.4 Å². The molecule has 0 aliphatic carbocycles. The number of nitrogens with zero attached hydrogens (tertiary/aromatic N) is 2. The summed E-state index contributed by atoms with van der Waals surface area (Å²) in [7, 11) is -2.29. The van der Waals surface area contributed by atoms with Crippen molar-refractivity contribution in [2.75, 3.05) is 6.26 Å². The highest BCUT2D eigenvalue weighted by Gasteiger charge is 2.38. The smallest absolute Gasteiger partial charge is 0.393 e. The van der Waals surface area contributed by atoms with Gasteiger partial charge in [0.05, 0.1) is 26.1 Å². The van der Waals surface area contributed by atoms with Crippen molar-refractivity contribution in [3.05, 3.63) is 43.3 Å². The SMILES string of the molecule is CS1([N+](=O)[O-])C=CC=C1c1nsc(=O)o1. The van der Waals surface area contributed by atoms with Gasteiger partial charge in [-0.2, -0.15) is 0 Å². The molecule has 1 aromatic heterocycles. The zero-order chi connectivity index (χ0) is 11.1. The van der Waals surface area contributed by atoms with Gasteiger partial charge in [-0.25, -0.2) is 4.79 Å². The van der Waals surface area contributed by atoms with Crippen LogP contribution >= 0.6 is 21.7 Å². The molecule has 2 rings (SSSR count). The first-order valence-electron chi connectivity index (χ1n) is 3.82. The van der Waals surface area contributed by atoms with Gasteiger partial charge < -0.3 is 4.42 Å². The summed E-state index contributed by atoms with van der Waals surface area (Å²) in [6, 6.07) is 0. The lowest BCUT2D eigenvalue weighted by atomic mass is 10.5. The predicted molar refractivity (Wildman–Crippen MR) is 58.3 cm³/mol. The number of hydrogen-bond donors (Lipinski definition) is 0. The molecule has 0 radical (unpaired) electrons. The van der Waals surface area contributed by atoms with Crippen LogP contribution in [0.15, 0.2) is 26.8 Å².